The minimum atomic E-state index is -0.419. The summed E-state index contributed by atoms with van der Waals surface area (Å²) < 4.78 is -0.419. The molecule has 0 bridgehead atoms. The Balaban J connectivity index is 3.82. The number of rotatable bonds is 2. The van der Waals surface area contributed by atoms with Gasteiger partial charge in [-0.1, -0.05) is 0 Å². The van der Waals surface area contributed by atoms with E-state index in [1.807, 2.05) is 29.5 Å². The molecule has 3 heteroatoms. The maximum Gasteiger partial charge on any atom is 0.196 e. The molecule has 0 N–H and O–H groups in total. The lowest BCUT2D eigenvalue weighted by Gasteiger charge is -2.06. The van der Waals surface area contributed by atoms with Gasteiger partial charge in [-0.05, 0) is 42.9 Å². The Morgan fingerprint density at radius 1 is 1.43 bits per heavy atom. The van der Waals surface area contributed by atoms with Gasteiger partial charge in [0.05, 0.1) is 0 Å². The first-order valence-electron chi connectivity index (χ1n) is 1.77. The van der Waals surface area contributed by atoms with Crippen molar-refractivity contribution in [3.8, 4) is 0 Å². The van der Waals surface area contributed by atoms with E-state index in [1.165, 1.54) is 0 Å². The molecule has 0 spiro atoms. The Hall–Kier alpha value is 0.0700. The van der Waals surface area contributed by atoms with Gasteiger partial charge >= 0.3 is 0 Å². The third kappa shape index (κ3) is 2.73. The third-order valence-electron chi connectivity index (χ3n) is 0.577. The number of alkyl halides is 1. The topological polar surface area (TPSA) is 24.7 Å². The predicted molar refractivity (Wildman–Crippen MR) is 41.5 cm³/mol. The molecule has 0 amide bonds. The van der Waals surface area contributed by atoms with Gasteiger partial charge in [0.15, 0.2) is 3.67 Å². The normalized spacial score (nSPS) is 10.6. The summed E-state index contributed by atoms with van der Waals surface area (Å²) in [5.74, 6) is 0. The number of aliphatic imine (C=N–C) groups is 2. The highest BCUT2D eigenvalue weighted by atomic mass is 127. The summed E-state index contributed by atoms with van der Waals surface area (Å²) in [4.78, 5) is 7.29. The average Bonchev–Trinajstić information content (AvgIpc) is 1.68. The van der Waals surface area contributed by atoms with Crippen LogP contribution in [0.25, 0.3) is 0 Å². The fraction of sp³-hybridized carbons (Fsp3) is 0.500. The molecule has 7 heavy (non-hydrogen) atoms. The average molecular weight is 210 g/mol. The quantitative estimate of drug-likeness (QED) is 0.285. The van der Waals surface area contributed by atoms with Crippen molar-refractivity contribution >= 4 is 36.0 Å². The molecule has 0 aromatic carbocycles. The Morgan fingerprint density at radius 3 is 1.71 bits per heavy atom. The highest BCUT2D eigenvalue weighted by Crippen LogP contribution is 2.18. The third-order valence-corrected chi connectivity index (χ3v) is 1.26. The van der Waals surface area contributed by atoms with Gasteiger partial charge in [-0.15, -0.1) is 0 Å². The highest BCUT2D eigenvalue weighted by molar-refractivity contribution is 14.1. The van der Waals surface area contributed by atoms with Crippen molar-refractivity contribution < 1.29 is 0 Å². The van der Waals surface area contributed by atoms with Crippen LogP contribution in [0.2, 0.25) is 0 Å². The van der Waals surface area contributed by atoms with Crippen molar-refractivity contribution in [2.24, 2.45) is 9.98 Å². The van der Waals surface area contributed by atoms with E-state index in [0.717, 1.165) is 0 Å². The lowest BCUT2D eigenvalue weighted by Crippen LogP contribution is -2.04. The van der Waals surface area contributed by atoms with Crippen LogP contribution in [0.5, 0.6) is 0 Å². The standard InChI is InChI=1S/C4H7IN2/c1-4(5,6-2)7-3/h2-3H2,1H3. The van der Waals surface area contributed by atoms with E-state index < -0.39 is 3.67 Å². The van der Waals surface area contributed by atoms with Crippen molar-refractivity contribution in [3.63, 3.8) is 0 Å². The van der Waals surface area contributed by atoms with Crippen LogP contribution >= 0.6 is 22.6 Å². The van der Waals surface area contributed by atoms with Gasteiger partial charge in [-0.2, -0.15) is 0 Å². The van der Waals surface area contributed by atoms with E-state index in [0.29, 0.717) is 0 Å². The first-order chi connectivity index (χ1) is 3.12. The highest BCUT2D eigenvalue weighted by Gasteiger charge is 2.09. The van der Waals surface area contributed by atoms with Gasteiger partial charge in [-0.25, -0.2) is 0 Å². The summed E-state index contributed by atoms with van der Waals surface area (Å²) in [5, 5.41) is 0. The molecular weight excluding hydrogens is 203 g/mol. The zero-order chi connectivity index (χ0) is 5.91. The van der Waals surface area contributed by atoms with E-state index in [2.05, 4.69) is 23.4 Å². The molecule has 40 valence electrons. The molecule has 0 atom stereocenters. The molecule has 0 aromatic heterocycles. The monoisotopic (exact) mass is 210 g/mol. The number of hydrogen-bond donors (Lipinski definition) is 0. The summed E-state index contributed by atoms with van der Waals surface area (Å²) in [5.41, 5.74) is 0. The van der Waals surface area contributed by atoms with Crippen LogP contribution in [0.3, 0.4) is 0 Å². The van der Waals surface area contributed by atoms with Crippen LogP contribution in [-0.4, -0.2) is 17.1 Å². The second-order valence-electron chi connectivity index (χ2n) is 1.22. The van der Waals surface area contributed by atoms with Crippen LogP contribution < -0.4 is 0 Å². The van der Waals surface area contributed by atoms with Crippen LogP contribution in [0.15, 0.2) is 9.98 Å². The Kier molecular flexibility index (Phi) is 2.42. The zero-order valence-electron chi connectivity index (χ0n) is 4.19. The van der Waals surface area contributed by atoms with Crippen molar-refractivity contribution in [3.05, 3.63) is 0 Å². The number of nitrogens with zero attached hydrogens (tertiary/aromatic N) is 2. The largest absolute Gasteiger partial charge is 0.262 e. The molecule has 0 saturated heterocycles. The maximum atomic E-state index is 3.65. The predicted octanol–water partition coefficient (Wildman–Crippen LogP) is 1.50. The molecule has 0 aliphatic heterocycles. The molecular formula is C4H7IN2. The molecule has 0 unspecified atom stereocenters. The molecule has 0 rings (SSSR count). The van der Waals surface area contributed by atoms with Crippen molar-refractivity contribution in [2.45, 2.75) is 10.6 Å². The second kappa shape index (κ2) is 2.40. The lowest BCUT2D eigenvalue weighted by molar-refractivity contribution is 0.776. The molecule has 0 fully saturated rings. The fourth-order valence-corrected chi connectivity index (χ4v) is 0.0500. The number of hydrogen-bond acceptors (Lipinski definition) is 2. The summed E-state index contributed by atoms with van der Waals surface area (Å²) >= 11 is 2.05. The Bertz CT molecular complexity index is 77.7. The summed E-state index contributed by atoms with van der Waals surface area (Å²) in [6, 6.07) is 0. The zero-order valence-corrected chi connectivity index (χ0v) is 6.34. The van der Waals surface area contributed by atoms with Gasteiger partial charge in [0.2, 0.25) is 0 Å². The van der Waals surface area contributed by atoms with Crippen LogP contribution in [0.1, 0.15) is 6.92 Å². The summed E-state index contributed by atoms with van der Waals surface area (Å²) in [6.07, 6.45) is 0. The van der Waals surface area contributed by atoms with Gasteiger partial charge in [0.25, 0.3) is 0 Å². The van der Waals surface area contributed by atoms with E-state index in [1.54, 1.807) is 0 Å². The summed E-state index contributed by atoms with van der Waals surface area (Å²) in [6.45, 7) is 8.45. The van der Waals surface area contributed by atoms with Gasteiger partial charge in [0, 0.05) is 0 Å². The minimum absolute atomic E-state index is 0.419. The fourth-order valence-electron chi connectivity index (χ4n) is 0.0500. The minimum Gasteiger partial charge on any atom is -0.262 e. The summed E-state index contributed by atoms with van der Waals surface area (Å²) in [7, 11) is 0. The van der Waals surface area contributed by atoms with Gasteiger partial charge in [-0.3, -0.25) is 9.98 Å². The lowest BCUT2D eigenvalue weighted by atomic mass is 10.6. The first kappa shape index (κ1) is 7.07. The second-order valence-corrected chi connectivity index (χ2v) is 3.27. The SMILES string of the molecule is C=NC(C)(I)N=C. The maximum absolute atomic E-state index is 3.65. The Morgan fingerprint density at radius 2 is 1.71 bits per heavy atom. The molecule has 0 aliphatic rings. The van der Waals surface area contributed by atoms with Crippen molar-refractivity contribution in [1.82, 2.24) is 0 Å². The van der Waals surface area contributed by atoms with E-state index in [9.17, 15) is 0 Å². The molecule has 0 heterocycles. The molecule has 0 aliphatic carbocycles. The first-order valence-corrected chi connectivity index (χ1v) is 2.85. The van der Waals surface area contributed by atoms with E-state index >= 15 is 0 Å². The van der Waals surface area contributed by atoms with E-state index in [4.69, 9.17) is 0 Å². The van der Waals surface area contributed by atoms with Gasteiger partial charge in [0.1, 0.15) is 0 Å². The molecule has 0 radical (unpaired) electrons. The molecule has 0 aromatic rings. The molecule has 0 saturated carbocycles. The number of halogens is 1. The van der Waals surface area contributed by atoms with Crippen LogP contribution in [0.4, 0.5) is 0 Å². The molecule has 2 nitrogen and oxygen atoms in total. The van der Waals surface area contributed by atoms with Crippen LogP contribution in [-0.2, 0) is 0 Å². The van der Waals surface area contributed by atoms with Crippen molar-refractivity contribution in [1.29, 1.82) is 0 Å². The van der Waals surface area contributed by atoms with Gasteiger partial charge < -0.3 is 0 Å². The Labute approximate surface area is 56.9 Å². The van der Waals surface area contributed by atoms with Crippen LogP contribution in [0, 0.1) is 0 Å². The smallest absolute Gasteiger partial charge is 0.196 e. The van der Waals surface area contributed by atoms with Crippen molar-refractivity contribution in [2.75, 3.05) is 0 Å². The van der Waals surface area contributed by atoms with E-state index in [-0.39, 0.29) is 0 Å².